The molecule has 0 bridgehead atoms. The number of aromatic nitrogens is 1. The minimum Gasteiger partial charge on any atom is -0.349 e. The minimum absolute atomic E-state index is 0.0261. The fraction of sp³-hybridized carbons (Fsp3) is 0.333. The molecule has 1 aromatic heterocycles. The number of pyridine rings is 1. The first-order valence-corrected chi connectivity index (χ1v) is 10.7. The lowest BCUT2D eigenvalue weighted by atomic mass is 9.94. The predicted molar refractivity (Wildman–Crippen MR) is 121 cm³/mol. The highest BCUT2D eigenvalue weighted by Gasteiger charge is 2.43. The molecule has 1 aromatic carbocycles. The van der Waals surface area contributed by atoms with Gasteiger partial charge in [0.1, 0.15) is 5.70 Å². The van der Waals surface area contributed by atoms with Gasteiger partial charge in [-0.3, -0.25) is 14.8 Å². The van der Waals surface area contributed by atoms with Gasteiger partial charge in [0.2, 0.25) is 0 Å². The average molecular weight is 453 g/mol. The lowest BCUT2D eigenvalue weighted by molar-refractivity contribution is -0.259. The van der Waals surface area contributed by atoms with Crippen LogP contribution in [0.2, 0.25) is 0 Å². The first kappa shape index (κ1) is 23.9. The summed E-state index contributed by atoms with van der Waals surface area (Å²) in [5, 5.41) is 6.29. The largest absolute Gasteiger partial charge is 0.386 e. The molecule has 2 heterocycles. The van der Waals surface area contributed by atoms with E-state index >= 15 is 0 Å². The molecule has 9 heteroatoms. The van der Waals surface area contributed by atoms with Crippen LogP contribution in [0, 0.1) is 12.8 Å². The van der Waals surface area contributed by atoms with E-state index in [9.17, 15) is 14.4 Å². The Bertz CT molecular complexity index is 1070. The summed E-state index contributed by atoms with van der Waals surface area (Å²) in [5.74, 6) is -2.53. The van der Waals surface area contributed by atoms with E-state index in [2.05, 4.69) is 10.3 Å². The van der Waals surface area contributed by atoms with Gasteiger partial charge in [0, 0.05) is 19.8 Å². The summed E-state index contributed by atoms with van der Waals surface area (Å²) in [6.07, 6.45) is 3.21. The third-order valence-electron chi connectivity index (χ3n) is 5.35. The number of benzene rings is 1. The second-order valence-electron chi connectivity index (χ2n) is 7.94. The van der Waals surface area contributed by atoms with Crippen molar-refractivity contribution in [2.75, 3.05) is 18.9 Å². The minimum atomic E-state index is -0.933. The van der Waals surface area contributed by atoms with Gasteiger partial charge in [-0.05, 0) is 31.0 Å². The summed E-state index contributed by atoms with van der Waals surface area (Å²) in [4.78, 5) is 52.4. The Hall–Kier alpha value is -3.72. The Morgan fingerprint density at radius 2 is 1.85 bits per heavy atom. The number of amides is 1. The van der Waals surface area contributed by atoms with Gasteiger partial charge in [0.15, 0.2) is 0 Å². The SMILES string of the molecule is CCN1C(=O)C(Nc2cnccc2C)=C(C(=O)OOC(=O)C(C)C)C(c2ccccc2)N1C. The van der Waals surface area contributed by atoms with Crippen molar-refractivity contribution in [3.05, 3.63) is 71.2 Å². The molecule has 9 nitrogen and oxygen atoms in total. The number of nitrogens with one attached hydrogen (secondary N) is 1. The highest BCUT2D eigenvalue weighted by Crippen LogP contribution is 2.37. The van der Waals surface area contributed by atoms with Crippen LogP contribution in [-0.2, 0) is 24.2 Å². The van der Waals surface area contributed by atoms with E-state index in [1.807, 2.05) is 44.2 Å². The van der Waals surface area contributed by atoms with Gasteiger partial charge in [-0.1, -0.05) is 44.2 Å². The van der Waals surface area contributed by atoms with E-state index in [-0.39, 0.29) is 11.3 Å². The van der Waals surface area contributed by atoms with Crippen molar-refractivity contribution >= 4 is 23.5 Å². The number of hydrogen-bond acceptors (Lipinski definition) is 8. The normalized spacial score (nSPS) is 16.7. The van der Waals surface area contributed by atoms with Crippen LogP contribution in [0.5, 0.6) is 0 Å². The van der Waals surface area contributed by atoms with Crippen LogP contribution >= 0.6 is 0 Å². The van der Waals surface area contributed by atoms with Crippen LogP contribution in [0.25, 0.3) is 0 Å². The number of hydrogen-bond donors (Lipinski definition) is 1. The lowest BCUT2D eigenvalue weighted by Crippen LogP contribution is -2.53. The summed E-state index contributed by atoms with van der Waals surface area (Å²) < 4.78 is 0. The van der Waals surface area contributed by atoms with E-state index < -0.39 is 29.8 Å². The molecule has 1 aliphatic heterocycles. The maximum Gasteiger partial charge on any atom is 0.386 e. The van der Waals surface area contributed by atoms with Crippen molar-refractivity contribution in [3.63, 3.8) is 0 Å². The quantitative estimate of drug-likeness (QED) is 0.527. The number of carbonyl (C=O) groups excluding carboxylic acids is 3. The molecule has 2 aromatic rings. The second kappa shape index (κ2) is 10.3. The number of hydrazine groups is 1. The molecule has 0 saturated carbocycles. The molecule has 1 unspecified atom stereocenters. The third kappa shape index (κ3) is 5.04. The molecule has 0 saturated heterocycles. The predicted octanol–water partition coefficient (Wildman–Crippen LogP) is 3.16. The number of aryl methyl sites for hydroxylation is 1. The van der Waals surface area contributed by atoms with Gasteiger partial charge >= 0.3 is 11.9 Å². The van der Waals surface area contributed by atoms with Crippen molar-refractivity contribution < 1.29 is 24.2 Å². The number of nitrogens with zero attached hydrogens (tertiary/aromatic N) is 3. The Morgan fingerprint density at radius 3 is 2.45 bits per heavy atom. The molecular formula is C24H28N4O5. The topological polar surface area (TPSA) is 101 Å². The van der Waals surface area contributed by atoms with E-state index in [4.69, 9.17) is 9.78 Å². The van der Waals surface area contributed by atoms with Gasteiger partial charge < -0.3 is 5.32 Å². The summed E-state index contributed by atoms with van der Waals surface area (Å²) in [5.41, 5.74) is 2.22. The number of carbonyl (C=O) groups is 3. The smallest absolute Gasteiger partial charge is 0.349 e. The van der Waals surface area contributed by atoms with Crippen LogP contribution in [-0.4, -0.2) is 46.4 Å². The van der Waals surface area contributed by atoms with Crippen LogP contribution in [0.4, 0.5) is 5.69 Å². The van der Waals surface area contributed by atoms with Gasteiger partial charge in [0.05, 0.1) is 29.4 Å². The number of anilines is 1. The van der Waals surface area contributed by atoms with Crippen molar-refractivity contribution in [2.45, 2.75) is 33.7 Å². The molecule has 174 valence electrons. The van der Waals surface area contributed by atoms with Crippen LogP contribution in [0.3, 0.4) is 0 Å². The van der Waals surface area contributed by atoms with E-state index in [1.54, 1.807) is 44.4 Å². The second-order valence-corrected chi connectivity index (χ2v) is 7.94. The van der Waals surface area contributed by atoms with Crippen molar-refractivity contribution in [2.24, 2.45) is 5.92 Å². The summed E-state index contributed by atoms with van der Waals surface area (Å²) in [6.45, 7) is 7.32. The molecule has 1 N–H and O–H groups in total. The molecule has 0 aliphatic carbocycles. The summed E-state index contributed by atoms with van der Waals surface area (Å²) in [6, 6.07) is 10.4. The van der Waals surface area contributed by atoms with E-state index in [0.717, 1.165) is 11.1 Å². The molecule has 0 spiro atoms. The lowest BCUT2D eigenvalue weighted by Gasteiger charge is -2.42. The van der Waals surface area contributed by atoms with Crippen molar-refractivity contribution in [1.82, 2.24) is 15.0 Å². The Kier molecular flexibility index (Phi) is 7.44. The summed E-state index contributed by atoms with van der Waals surface area (Å²) >= 11 is 0. The zero-order valence-corrected chi connectivity index (χ0v) is 19.4. The molecule has 3 rings (SSSR count). The Labute approximate surface area is 192 Å². The maximum atomic E-state index is 13.4. The third-order valence-corrected chi connectivity index (χ3v) is 5.35. The van der Waals surface area contributed by atoms with Crippen LogP contribution < -0.4 is 5.32 Å². The van der Waals surface area contributed by atoms with E-state index in [0.29, 0.717) is 12.2 Å². The van der Waals surface area contributed by atoms with Gasteiger partial charge in [-0.2, -0.15) is 0 Å². The molecular weight excluding hydrogens is 424 g/mol. The van der Waals surface area contributed by atoms with Crippen molar-refractivity contribution in [3.8, 4) is 0 Å². The molecule has 0 radical (unpaired) electrons. The fourth-order valence-electron chi connectivity index (χ4n) is 3.52. The van der Waals surface area contributed by atoms with Gasteiger partial charge in [0.25, 0.3) is 5.91 Å². The molecule has 1 amide bonds. The van der Waals surface area contributed by atoms with E-state index in [1.165, 1.54) is 5.01 Å². The Morgan fingerprint density at radius 1 is 1.15 bits per heavy atom. The van der Waals surface area contributed by atoms with Crippen molar-refractivity contribution in [1.29, 1.82) is 0 Å². The zero-order valence-electron chi connectivity index (χ0n) is 19.4. The zero-order chi connectivity index (χ0) is 24.1. The maximum absolute atomic E-state index is 13.4. The number of likely N-dealkylation sites (N-methyl/N-ethyl adjacent to an activating group) is 2. The number of rotatable bonds is 6. The van der Waals surface area contributed by atoms with Gasteiger partial charge in [-0.25, -0.2) is 24.4 Å². The highest BCUT2D eigenvalue weighted by atomic mass is 17.2. The Balaban J connectivity index is 2.16. The van der Waals surface area contributed by atoms with Crippen LogP contribution in [0.1, 0.15) is 37.9 Å². The average Bonchev–Trinajstić information content (AvgIpc) is 2.80. The molecule has 0 fully saturated rings. The van der Waals surface area contributed by atoms with Gasteiger partial charge in [-0.15, -0.1) is 0 Å². The van der Waals surface area contributed by atoms with Crippen LogP contribution in [0.15, 0.2) is 60.1 Å². The molecule has 1 atom stereocenters. The molecule has 33 heavy (non-hydrogen) atoms. The first-order valence-electron chi connectivity index (χ1n) is 10.7. The molecule has 1 aliphatic rings. The standard InChI is InChI=1S/C24H28N4O5/c1-6-28-22(29)20(26-18-14-25-13-12-16(18)4)19(24(31)33-32-23(30)15(2)3)21(27(28)5)17-10-8-7-9-11-17/h7-15,21,26H,6H2,1-5H3. The highest BCUT2D eigenvalue weighted by molar-refractivity contribution is 6.06. The monoisotopic (exact) mass is 452 g/mol. The fourth-order valence-corrected chi connectivity index (χ4v) is 3.52. The first-order chi connectivity index (χ1) is 15.8. The summed E-state index contributed by atoms with van der Waals surface area (Å²) in [7, 11) is 1.72.